The zero-order valence-corrected chi connectivity index (χ0v) is 15.8. The number of hydrogen-bond donors (Lipinski definition) is 1. The minimum absolute atomic E-state index is 0.0296. The normalized spacial score (nSPS) is 24.8. The Kier molecular flexibility index (Phi) is 4.45. The largest absolute Gasteiger partial charge is 0.512 e. The Balaban J connectivity index is 2.10. The molecule has 1 atom stereocenters. The van der Waals surface area contributed by atoms with Crippen LogP contribution in [0.1, 0.15) is 65.1 Å². The van der Waals surface area contributed by atoms with Crippen molar-refractivity contribution in [2.24, 2.45) is 16.7 Å². The van der Waals surface area contributed by atoms with Gasteiger partial charge < -0.3 is 9.52 Å². The van der Waals surface area contributed by atoms with Crippen LogP contribution >= 0.6 is 0 Å². The van der Waals surface area contributed by atoms with E-state index < -0.39 is 11.8 Å². The number of aliphatic hydroxyl groups excluding tert-OH is 1. The number of allylic oxidation sites excluding steroid dienone is 2. The molecule has 26 heavy (non-hydrogen) atoms. The van der Waals surface area contributed by atoms with Gasteiger partial charge in [-0.2, -0.15) is 0 Å². The minimum Gasteiger partial charge on any atom is -0.512 e. The summed E-state index contributed by atoms with van der Waals surface area (Å²) in [6.45, 7) is 7.62. The van der Waals surface area contributed by atoms with E-state index in [1.54, 1.807) is 12.1 Å². The molecule has 5 nitrogen and oxygen atoms in total. The zero-order chi connectivity index (χ0) is 19.3. The van der Waals surface area contributed by atoms with Gasteiger partial charge in [0.05, 0.1) is 18.1 Å². The van der Waals surface area contributed by atoms with E-state index in [9.17, 15) is 19.5 Å². The van der Waals surface area contributed by atoms with Crippen molar-refractivity contribution in [3.63, 3.8) is 0 Å². The summed E-state index contributed by atoms with van der Waals surface area (Å²) in [6.07, 6.45) is 2.61. The first kappa shape index (κ1) is 18.6. The molecular weight excluding hydrogens is 332 g/mol. The fourth-order valence-corrected chi connectivity index (χ4v) is 4.37. The van der Waals surface area contributed by atoms with Crippen molar-refractivity contribution < 1.29 is 23.9 Å². The highest BCUT2D eigenvalue weighted by Crippen LogP contribution is 2.47. The molecule has 0 saturated heterocycles. The van der Waals surface area contributed by atoms with Gasteiger partial charge in [-0.1, -0.05) is 27.7 Å². The molecule has 0 radical (unpaired) electrons. The van der Waals surface area contributed by atoms with Crippen LogP contribution in [0.4, 0.5) is 0 Å². The van der Waals surface area contributed by atoms with Crippen LogP contribution in [0, 0.1) is 16.7 Å². The van der Waals surface area contributed by atoms with E-state index in [1.165, 1.54) is 6.26 Å². The first-order chi connectivity index (χ1) is 12.0. The number of carbonyl (C=O) groups is 3. The highest BCUT2D eigenvalue weighted by molar-refractivity contribution is 6.09. The summed E-state index contributed by atoms with van der Waals surface area (Å²) in [5.41, 5.74) is -0.556. The number of carbonyl (C=O) groups excluding carboxylic acids is 3. The molecule has 140 valence electrons. The van der Waals surface area contributed by atoms with Gasteiger partial charge in [0.25, 0.3) is 0 Å². The second-order valence-corrected chi connectivity index (χ2v) is 9.22. The molecule has 1 aromatic heterocycles. The van der Waals surface area contributed by atoms with Crippen molar-refractivity contribution in [2.45, 2.75) is 59.3 Å². The third-order valence-electron chi connectivity index (χ3n) is 5.39. The molecule has 2 aliphatic carbocycles. The lowest BCUT2D eigenvalue weighted by Crippen LogP contribution is -2.43. The first-order valence-electron chi connectivity index (χ1n) is 9.05. The number of ketones is 3. The Morgan fingerprint density at radius 2 is 1.58 bits per heavy atom. The molecule has 5 heteroatoms. The summed E-state index contributed by atoms with van der Waals surface area (Å²) in [7, 11) is 0. The molecule has 0 aliphatic heterocycles. The monoisotopic (exact) mass is 358 g/mol. The zero-order valence-electron chi connectivity index (χ0n) is 15.8. The van der Waals surface area contributed by atoms with E-state index >= 15 is 0 Å². The van der Waals surface area contributed by atoms with E-state index in [4.69, 9.17) is 4.42 Å². The summed E-state index contributed by atoms with van der Waals surface area (Å²) >= 11 is 0. The van der Waals surface area contributed by atoms with Crippen LogP contribution in [0.2, 0.25) is 0 Å². The lowest BCUT2D eigenvalue weighted by atomic mass is 9.63. The standard InChI is InChI=1S/C21H26O5/c1-20(2)8-12(22)17(13(23)9-20)19(16-6-5-7-26-16)18-14(24)10-21(3,4)11-15(18)25/h5-7,17,19,24H,8-11H2,1-4H3/t19-/m0/s1. The molecule has 2 aliphatic rings. The van der Waals surface area contributed by atoms with Gasteiger partial charge >= 0.3 is 0 Å². The highest BCUT2D eigenvalue weighted by Gasteiger charge is 2.49. The van der Waals surface area contributed by atoms with Crippen molar-refractivity contribution in [3.05, 3.63) is 35.5 Å². The maximum atomic E-state index is 12.9. The topological polar surface area (TPSA) is 84.6 Å². The van der Waals surface area contributed by atoms with Crippen LogP contribution in [0.5, 0.6) is 0 Å². The van der Waals surface area contributed by atoms with Gasteiger partial charge in [0.1, 0.15) is 23.1 Å². The molecule has 1 heterocycles. The van der Waals surface area contributed by atoms with Gasteiger partial charge in [-0.25, -0.2) is 0 Å². The van der Waals surface area contributed by atoms with Gasteiger partial charge in [0.2, 0.25) is 0 Å². The van der Waals surface area contributed by atoms with Gasteiger partial charge in [0, 0.05) is 31.3 Å². The molecular formula is C21H26O5. The van der Waals surface area contributed by atoms with Crippen LogP contribution in [0.25, 0.3) is 0 Å². The predicted octanol–water partition coefficient (Wildman–Crippen LogP) is 4.14. The van der Waals surface area contributed by atoms with Gasteiger partial charge in [0.15, 0.2) is 5.78 Å². The van der Waals surface area contributed by atoms with Crippen molar-refractivity contribution >= 4 is 17.3 Å². The van der Waals surface area contributed by atoms with Crippen LogP contribution in [0.3, 0.4) is 0 Å². The van der Waals surface area contributed by atoms with Crippen LogP contribution < -0.4 is 0 Å². The molecule has 1 saturated carbocycles. The number of Topliss-reactive ketones (excluding diaryl/α,β-unsaturated/α-hetero) is 3. The van der Waals surface area contributed by atoms with Crippen molar-refractivity contribution in [1.82, 2.24) is 0 Å². The third kappa shape index (κ3) is 3.39. The number of furan rings is 1. The van der Waals surface area contributed by atoms with E-state index in [-0.39, 0.29) is 58.8 Å². The van der Waals surface area contributed by atoms with E-state index in [0.29, 0.717) is 12.2 Å². The fraction of sp³-hybridized carbons (Fsp3) is 0.571. The predicted molar refractivity (Wildman–Crippen MR) is 95.6 cm³/mol. The number of hydrogen-bond acceptors (Lipinski definition) is 5. The molecule has 0 amide bonds. The molecule has 0 spiro atoms. The summed E-state index contributed by atoms with van der Waals surface area (Å²) in [4.78, 5) is 38.6. The number of rotatable bonds is 3. The Hall–Kier alpha value is -2.17. The van der Waals surface area contributed by atoms with Crippen LogP contribution in [-0.4, -0.2) is 22.5 Å². The van der Waals surface area contributed by atoms with Crippen molar-refractivity contribution in [2.75, 3.05) is 0 Å². The number of aliphatic hydroxyl groups is 1. The first-order valence-corrected chi connectivity index (χ1v) is 9.05. The van der Waals surface area contributed by atoms with Gasteiger partial charge in [-0.15, -0.1) is 0 Å². The average molecular weight is 358 g/mol. The Morgan fingerprint density at radius 3 is 2.08 bits per heavy atom. The van der Waals surface area contributed by atoms with Crippen molar-refractivity contribution in [3.8, 4) is 0 Å². The fourth-order valence-electron chi connectivity index (χ4n) is 4.37. The molecule has 0 bridgehead atoms. The second-order valence-electron chi connectivity index (χ2n) is 9.22. The van der Waals surface area contributed by atoms with Gasteiger partial charge in [-0.3, -0.25) is 14.4 Å². The van der Waals surface area contributed by atoms with Crippen molar-refractivity contribution in [1.29, 1.82) is 0 Å². The Labute approximate surface area is 153 Å². The van der Waals surface area contributed by atoms with Crippen LogP contribution in [-0.2, 0) is 14.4 Å². The Morgan fingerprint density at radius 1 is 1.00 bits per heavy atom. The third-order valence-corrected chi connectivity index (χ3v) is 5.39. The maximum Gasteiger partial charge on any atom is 0.163 e. The molecule has 1 fully saturated rings. The lowest BCUT2D eigenvalue weighted by Gasteiger charge is -2.38. The minimum atomic E-state index is -0.975. The maximum absolute atomic E-state index is 12.9. The molecule has 1 aromatic rings. The highest BCUT2D eigenvalue weighted by atomic mass is 16.3. The quantitative estimate of drug-likeness (QED) is 0.821. The summed E-state index contributed by atoms with van der Waals surface area (Å²) in [6, 6.07) is 3.33. The summed E-state index contributed by atoms with van der Waals surface area (Å²) in [5, 5.41) is 10.6. The summed E-state index contributed by atoms with van der Waals surface area (Å²) in [5.74, 6) is -2.06. The SMILES string of the molecule is CC1(C)CC(=O)C([C@@H](C2=C(O)CC(C)(C)CC2=O)c2ccco2)C(=O)C1. The second kappa shape index (κ2) is 6.22. The molecule has 1 N–H and O–H groups in total. The Bertz CT molecular complexity index is 759. The van der Waals surface area contributed by atoms with Crippen LogP contribution in [0.15, 0.2) is 34.1 Å². The molecule has 3 rings (SSSR count). The molecule has 0 unspecified atom stereocenters. The van der Waals surface area contributed by atoms with E-state index in [0.717, 1.165) is 0 Å². The van der Waals surface area contributed by atoms with E-state index in [1.807, 2.05) is 27.7 Å². The summed E-state index contributed by atoms with van der Waals surface area (Å²) < 4.78 is 5.50. The lowest BCUT2D eigenvalue weighted by molar-refractivity contribution is -0.140. The van der Waals surface area contributed by atoms with E-state index in [2.05, 4.69) is 0 Å². The molecule has 0 aromatic carbocycles. The smallest absolute Gasteiger partial charge is 0.163 e. The average Bonchev–Trinajstić information content (AvgIpc) is 2.95. The van der Waals surface area contributed by atoms with Gasteiger partial charge in [-0.05, 0) is 23.0 Å².